The summed E-state index contributed by atoms with van der Waals surface area (Å²) in [4.78, 5) is 22.8. The van der Waals surface area contributed by atoms with Crippen molar-refractivity contribution in [2.45, 2.75) is 19.5 Å². The lowest BCUT2D eigenvalue weighted by Crippen LogP contribution is -3.10. The van der Waals surface area contributed by atoms with E-state index in [-0.39, 0.29) is 5.56 Å². The number of aromatic nitrogens is 2. The van der Waals surface area contributed by atoms with Gasteiger partial charge in [-0.15, -0.1) is 11.3 Å². The molecule has 1 aliphatic heterocycles. The highest BCUT2D eigenvalue weighted by Crippen LogP contribution is 2.31. The SMILES string of the molecule is O=c1[nH]c(C[NH+]2CCc3ccccc3C2)nc2scc(-c3ccc(Cl)cc3)c12. The number of aromatic amines is 1. The van der Waals surface area contributed by atoms with E-state index in [0.29, 0.717) is 10.4 Å². The largest absolute Gasteiger partial charge is 0.325 e. The lowest BCUT2D eigenvalue weighted by atomic mass is 10.00. The lowest BCUT2D eigenvalue weighted by Gasteiger charge is -2.25. The number of nitrogens with zero attached hydrogens (tertiary/aromatic N) is 1. The highest BCUT2D eigenvalue weighted by Gasteiger charge is 2.21. The summed E-state index contributed by atoms with van der Waals surface area (Å²) in [5, 5.41) is 3.35. The lowest BCUT2D eigenvalue weighted by molar-refractivity contribution is -0.930. The number of thiophene rings is 1. The van der Waals surface area contributed by atoms with E-state index in [1.165, 1.54) is 27.4 Å². The van der Waals surface area contributed by atoms with Crippen LogP contribution in [0.3, 0.4) is 0 Å². The van der Waals surface area contributed by atoms with E-state index < -0.39 is 0 Å². The second-order valence-corrected chi connectivity index (χ2v) is 8.52. The van der Waals surface area contributed by atoms with Gasteiger partial charge in [0, 0.05) is 28.0 Å². The van der Waals surface area contributed by atoms with Gasteiger partial charge in [0.1, 0.15) is 17.9 Å². The first-order valence-corrected chi connectivity index (χ1v) is 10.6. The first-order chi connectivity index (χ1) is 13.7. The van der Waals surface area contributed by atoms with Crippen molar-refractivity contribution in [3.05, 3.63) is 86.2 Å². The highest BCUT2D eigenvalue weighted by atomic mass is 35.5. The van der Waals surface area contributed by atoms with Crippen molar-refractivity contribution in [3.8, 4) is 11.1 Å². The molecule has 3 heterocycles. The molecule has 1 atom stereocenters. The predicted octanol–water partition coefficient (Wildman–Crippen LogP) is 3.45. The number of H-pyrrole nitrogens is 1. The van der Waals surface area contributed by atoms with Crippen LogP contribution in [0.4, 0.5) is 0 Å². The molecular formula is C22H19ClN3OS+. The summed E-state index contributed by atoms with van der Waals surface area (Å²) in [6, 6.07) is 16.2. The molecule has 4 aromatic rings. The Morgan fingerprint density at radius 1 is 1.11 bits per heavy atom. The second kappa shape index (κ2) is 7.17. The molecule has 2 aromatic heterocycles. The zero-order valence-electron chi connectivity index (χ0n) is 15.2. The fraction of sp³-hybridized carbons (Fsp3) is 0.182. The van der Waals surface area contributed by atoms with Crippen LogP contribution >= 0.6 is 22.9 Å². The fourth-order valence-corrected chi connectivity index (χ4v) is 5.04. The monoisotopic (exact) mass is 408 g/mol. The van der Waals surface area contributed by atoms with Crippen molar-refractivity contribution in [2.24, 2.45) is 0 Å². The Labute approximate surface area is 171 Å². The van der Waals surface area contributed by atoms with Crippen molar-refractivity contribution >= 4 is 33.2 Å². The molecule has 4 nitrogen and oxygen atoms in total. The fourth-order valence-electron chi connectivity index (χ4n) is 3.95. The van der Waals surface area contributed by atoms with Gasteiger partial charge >= 0.3 is 0 Å². The predicted molar refractivity (Wildman–Crippen MR) is 114 cm³/mol. The molecule has 0 fully saturated rings. The molecule has 0 aliphatic carbocycles. The molecule has 6 heteroatoms. The van der Waals surface area contributed by atoms with Gasteiger partial charge in [0.15, 0.2) is 5.82 Å². The molecule has 0 amide bonds. The van der Waals surface area contributed by atoms with Crippen LogP contribution in [-0.2, 0) is 19.5 Å². The van der Waals surface area contributed by atoms with Gasteiger partial charge < -0.3 is 9.88 Å². The minimum Gasteiger partial charge on any atom is -0.325 e. The van der Waals surface area contributed by atoms with Crippen molar-refractivity contribution in [1.29, 1.82) is 0 Å². The molecule has 1 unspecified atom stereocenters. The minimum absolute atomic E-state index is 0.0667. The zero-order chi connectivity index (χ0) is 19.1. The van der Waals surface area contributed by atoms with Crippen LogP contribution in [0.2, 0.25) is 5.02 Å². The highest BCUT2D eigenvalue weighted by molar-refractivity contribution is 7.17. The third-order valence-electron chi connectivity index (χ3n) is 5.37. The molecule has 28 heavy (non-hydrogen) atoms. The Bertz CT molecular complexity index is 1210. The maximum Gasteiger partial charge on any atom is 0.260 e. The van der Waals surface area contributed by atoms with Gasteiger partial charge in [-0.1, -0.05) is 48.0 Å². The number of nitrogens with one attached hydrogen (secondary N) is 2. The summed E-state index contributed by atoms with van der Waals surface area (Å²) >= 11 is 7.51. The maximum atomic E-state index is 12.8. The third-order valence-corrected chi connectivity index (χ3v) is 6.50. The van der Waals surface area contributed by atoms with Crippen LogP contribution < -0.4 is 10.5 Å². The Balaban J connectivity index is 1.45. The Morgan fingerprint density at radius 2 is 1.89 bits per heavy atom. The van der Waals surface area contributed by atoms with Gasteiger partial charge in [-0.05, 0) is 23.3 Å². The maximum absolute atomic E-state index is 12.8. The average molecular weight is 409 g/mol. The van der Waals surface area contributed by atoms with E-state index in [1.807, 2.05) is 29.6 Å². The number of hydrogen-bond acceptors (Lipinski definition) is 3. The van der Waals surface area contributed by atoms with Crippen molar-refractivity contribution < 1.29 is 4.90 Å². The molecule has 1 aliphatic rings. The number of benzene rings is 2. The molecule has 0 radical (unpaired) electrons. The van der Waals surface area contributed by atoms with Crippen LogP contribution in [-0.4, -0.2) is 16.5 Å². The van der Waals surface area contributed by atoms with Crippen LogP contribution in [0.15, 0.2) is 58.7 Å². The van der Waals surface area contributed by atoms with E-state index in [0.717, 1.165) is 47.8 Å². The summed E-state index contributed by atoms with van der Waals surface area (Å²) in [5.74, 6) is 0.761. The summed E-state index contributed by atoms with van der Waals surface area (Å²) in [6.45, 7) is 2.76. The third kappa shape index (κ3) is 3.26. The Kier molecular flexibility index (Phi) is 4.51. The van der Waals surface area contributed by atoms with E-state index in [2.05, 4.69) is 29.2 Å². The number of rotatable bonds is 3. The molecule has 2 aromatic carbocycles. The molecule has 0 spiro atoms. The minimum atomic E-state index is -0.0667. The molecule has 140 valence electrons. The summed E-state index contributed by atoms with van der Waals surface area (Å²) in [5.41, 5.74) is 4.66. The van der Waals surface area contributed by atoms with Crippen LogP contribution in [0, 0.1) is 0 Å². The quantitative estimate of drug-likeness (QED) is 0.545. The Morgan fingerprint density at radius 3 is 2.71 bits per heavy atom. The van der Waals surface area contributed by atoms with Gasteiger partial charge in [-0.25, -0.2) is 4.98 Å². The summed E-state index contributed by atoms with van der Waals surface area (Å²) < 4.78 is 0. The van der Waals surface area contributed by atoms with Crippen molar-refractivity contribution in [2.75, 3.05) is 6.54 Å². The molecule has 2 N–H and O–H groups in total. The first-order valence-electron chi connectivity index (χ1n) is 9.34. The average Bonchev–Trinajstić information content (AvgIpc) is 3.13. The number of quaternary nitrogens is 1. The number of fused-ring (bicyclic) bond motifs is 2. The first kappa shape index (κ1) is 17.6. The number of hydrogen-bond donors (Lipinski definition) is 2. The molecule has 0 saturated carbocycles. The van der Waals surface area contributed by atoms with Crippen LogP contribution in [0.5, 0.6) is 0 Å². The van der Waals surface area contributed by atoms with Gasteiger partial charge in [0.05, 0.1) is 11.9 Å². The van der Waals surface area contributed by atoms with Gasteiger partial charge in [-0.3, -0.25) is 4.79 Å². The smallest absolute Gasteiger partial charge is 0.260 e. The van der Waals surface area contributed by atoms with Crippen LogP contribution in [0.1, 0.15) is 17.0 Å². The molecule has 5 rings (SSSR count). The van der Waals surface area contributed by atoms with E-state index in [4.69, 9.17) is 16.6 Å². The van der Waals surface area contributed by atoms with E-state index >= 15 is 0 Å². The van der Waals surface area contributed by atoms with Gasteiger partial charge in [-0.2, -0.15) is 0 Å². The van der Waals surface area contributed by atoms with E-state index in [9.17, 15) is 4.79 Å². The molecular weight excluding hydrogens is 390 g/mol. The van der Waals surface area contributed by atoms with Crippen LogP contribution in [0.25, 0.3) is 21.3 Å². The number of halogens is 1. The molecule has 0 saturated heterocycles. The normalized spacial score (nSPS) is 16.2. The van der Waals surface area contributed by atoms with Gasteiger partial charge in [0.2, 0.25) is 0 Å². The standard InChI is InChI=1S/C22H18ClN3OS/c23-17-7-5-15(6-8-17)18-13-28-22-20(18)21(27)24-19(25-22)12-26-10-9-14-3-1-2-4-16(14)11-26/h1-8,13H,9-12H2,(H,24,25,27)/p+1. The Hall–Kier alpha value is -2.47. The topological polar surface area (TPSA) is 50.2 Å². The van der Waals surface area contributed by atoms with Crippen molar-refractivity contribution in [3.63, 3.8) is 0 Å². The zero-order valence-corrected chi connectivity index (χ0v) is 16.7. The second-order valence-electron chi connectivity index (χ2n) is 7.22. The van der Waals surface area contributed by atoms with Gasteiger partial charge in [0.25, 0.3) is 5.56 Å². The summed E-state index contributed by atoms with van der Waals surface area (Å²) in [7, 11) is 0. The van der Waals surface area contributed by atoms with E-state index in [1.54, 1.807) is 0 Å². The van der Waals surface area contributed by atoms with Crippen molar-refractivity contribution in [1.82, 2.24) is 9.97 Å². The molecule has 0 bridgehead atoms. The summed E-state index contributed by atoms with van der Waals surface area (Å²) in [6.07, 6.45) is 1.07.